The summed E-state index contributed by atoms with van der Waals surface area (Å²) in [6.07, 6.45) is 0. The van der Waals surface area contributed by atoms with Crippen LogP contribution in [-0.4, -0.2) is 13.1 Å². The van der Waals surface area contributed by atoms with Crippen LogP contribution in [0.15, 0.2) is 152 Å². The monoisotopic (exact) mass is 576 g/mol. The molecule has 44 heavy (non-hydrogen) atoms. The standard InChI is InChI=1S/C36H32N8/c1-3-37-33-21-23-35(31-11-7-5-9-29(31)33)43-41-27-17-13-25(14-18-27)39-40-26-15-19-28(20-16-26)42-44-36-24-22-34(38-4-2)30-10-6-8-12-32(30)36/h5-24,37-38H,3-4H2,1-2H3. The van der Waals surface area contributed by atoms with E-state index in [0.717, 1.165) is 80.1 Å². The van der Waals surface area contributed by atoms with Crippen LogP contribution in [0.2, 0.25) is 0 Å². The van der Waals surface area contributed by atoms with Crippen molar-refractivity contribution in [2.75, 3.05) is 23.7 Å². The van der Waals surface area contributed by atoms with E-state index in [1.54, 1.807) is 0 Å². The van der Waals surface area contributed by atoms with Gasteiger partial charge in [0.1, 0.15) is 0 Å². The highest BCUT2D eigenvalue weighted by atomic mass is 15.1. The van der Waals surface area contributed by atoms with Gasteiger partial charge < -0.3 is 10.6 Å². The Balaban J connectivity index is 1.11. The third kappa shape index (κ3) is 6.50. The van der Waals surface area contributed by atoms with Crippen LogP contribution >= 0.6 is 0 Å². The second kappa shape index (κ2) is 13.5. The molecule has 0 radical (unpaired) electrons. The maximum atomic E-state index is 4.52. The van der Waals surface area contributed by atoms with Crippen LogP contribution in [0.25, 0.3) is 21.5 Å². The molecule has 0 aliphatic rings. The van der Waals surface area contributed by atoms with Gasteiger partial charge in [0.15, 0.2) is 0 Å². The van der Waals surface area contributed by atoms with E-state index in [1.807, 2.05) is 97.1 Å². The Kier molecular flexibility index (Phi) is 8.69. The quantitative estimate of drug-likeness (QED) is 0.159. The summed E-state index contributed by atoms with van der Waals surface area (Å²) < 4.78 is 0. The van der Waals surface area contributed by atoms with Crippen LogP contribution in [0.1, 0.15) is 13.8 Å². The second-order valence-corrected chi connectivity index (χ2v) is 10.0. The van der Waals surface area contributed by atoms with Crippen molar-refractivity contribution in [3.05, 3.63) is 121 Å². The fraction of sp³-hybridized carbons (Fsp3) is 0.111. The van der Waals surface area contributed by atoms with Gasteiger partial charge in [0, 0.05) is 46.0 Å². The van der Waals surface area contributed by atoms with Crippen molar-refractivity contribution >= 4 is 67.0 Å². The van der Waals surface area contributed by atoms with E-state index in [-0.39, 0.29) is 0 Å². The minimum absolute atomic E-state index is 0.723. The van der Waals surface area contributed by atoms with Gasteiger partial charge in [-0.2, -0.15) is 20.5 Å². The molecule has 0 bridgehead atoms. The Morgan fingerprint density at radius 2 is 0.682 bits per heavy atom. The van der Waals surface area contributed by atoms with E-state index in [1.165, 1.54) is 0 Å². The van der Waals surface area contributed by atoms with Crippen molar-refractivity contribution in [3.63, 3.8) is 0 Å². The molecule has 0 saturated heterocycles. The Labute approximate surface area is 256 Å². The van der Waals surface area contributed by atoms with Gasteiger partial charge in [0.05, 0.1) is 34.1 Å². The molecule has 0 spiro atoms. The van der Waals surface area contributed by atoms with E-state index in [0.29, 0.717) is 0 Å². The van der Waals surface area contributed by atoms with E-state index in [9.17, 15) is 0 Å². The molecular weight excluding hydrogens is 544 g/mol. The number of hydrogen-bond acceptors (Lipinski definition) is 8. The van der Waals surface area contributed by atoms with E-state index >= 15 is 0 Å². The van der Waals surface area contributed by atoms with Crippen LogP contribution in [0.5, 0.6) is 0 Å². The van der Waals surface area contributed by atoms with Crippen molar-refractivity contribution in [2.45, 2.75) is 13.8 Å². The first-order valence-electron chi connectivity index (χ1n) is 14.7. The molecule has 0 heterocycles. The zero-order chi connectivity index (χ0) is 30.1. The molecule has 6 aromatic carbocycles. The maximum Gasteiger partial charge on any atom is 0.0936 e. The lowest BCUT2D eigenvalue weighted by atomic mass is 10.1. The minimum Gasteiger partial charge on any atom is -0.385 e. The molecule has 0 aliphatic carbocycles. The molecular formula is C36H32N8. The van der Waals surface area contributed by atoms with Crippen molar-refractivity contribution in [3.8, 4) is 0 Å². The maximum absolute atomic E-state index is 4.52. The molecule has 0 aromatic heterocycles. The summed E-state index contributed by atoms with van der Waals surface area (Å²) in [6, 6.07) is 39.5. The van der Waals surface area contributed by atoms with Crippen molar-refractivity contribution < 1.29 is 0 Å². The van der Waals surface area contributed by atoms with Gasteiger partial charge in [0.2, 0.25) is 0 Å². The lowest BCUT2D eigenvalue weighted by Crippen LogP contribution is -1.96. The summed E-state index contributed by atoms with van der Waals surface area (Å²) in [5.41, 5.74) is 6.76. The largest absolute Gasteiger partial charge is 0.385 e. The van der Waals surface area contributed by atoms with Crippen LogP contribution in [0, 0.1) is 0 Å². The molecule has 216 valence electrons. The molecule has 0 saturated carbocycles. The molecule has 2 N–H and O–H groups in total. The third-order valence-electron chi connectivity index (χ3n) is 7.06. The molecule has 6 aromatic rings. The topological polar surface area (TPSA) is 98.2 Å². The SMILES string of the molecule is CCNc1ccc(N=Nc2ccc(N=Nc3ccc(N=Nc4ccc(NCC)c5ccccc45)cc3)cc2)c2ccccc12. The smallest absolute Gasteiger partial charge is 0.0936 e. The van der Waals surface area contributed by atoms with Crippen molar-refractivity contribution in [2.24, 2.45) is 30.7 Å². The lowest BCUT2D eigenvalue weighted by molar-refractivity contribution is 1.20. The molecule has 8 nitrogen and oxygen atoms in total. The summed E-state index contributed by atoms with van der Waals surface area (Å²) in [6.45, 7) is 5.89. The van der Waals surface area contributed by atoms with Crippen molar-refractivity contribution in [1.29, 1.82) is 0 Å². The van der Waals surface area contributed by atoms with Gasteiger partial charge in [-0.15, -0.1) is 10.2 Å². The average Bonchev–Trinajstić information content (AvgIpc) is 3.08. The van der Waals surface area contributed by atoms with Gasteiger partial charge in [0.25, 0.3) is 0 Å². The zero-order valence-corrected chi connectivity index (χ0v) is 24.6. The fourth-order valence-corrected chi connectivity index (χ4v) is 4.94. The predicted octanol–water partition coefficient (Wildman–Crippen LogP) is 12.1. The number of hydrogen-bond donors (Lipinski definition) is 2. The Bertz CT molecular complexity index is 1830. The normalized spacial score (nSPS) is 11.8. The first kappa shape index (κ1) is 28.4. The van der Waals surface area contributed by atoms with Gasteiger partial charge in [-0.3, -0.25) is 0 Å². The van der Waals surface area contributed by atoms with Crippen LogP contribution < -0.4 is 10.6 Å². The number of benzene rings is 6. The van der Waals surface area contributed by atoms with Gasteiger partial charge >= 0.3 is 0 Å². The lowest BCUT2D eigenvalue weighted by Gasteiger charge is -2.09. The number of fused-ring (bicyclic) bond motifs is 2. The van der Waals surface area contributed by atoms with Gasteiger partial charge in [-0.25, -0.2) is 0 Å². The van der Waals surface area contributed by atoms with E-state index in [4.69, 9.17) is 0 Å². The number of anilines is 2. The average molecular weight is 577 g/mol. The van der Waals surface area contributed by atoms with E-state index in [2.05, 4.69) is 79.4 Å². The molecule has 0 amide bonds. The molecule has 6 rings (SSSR count). The third-order valence-corrected chi connectivity index (χ3v) is 7.06. The van der Waals surface area contributed by atoms with Crippen LogP contribution in [-0.2, 0) is 0 Å². The first-order valence-corrected chi connectivity index (χ1v) is 14.7. The fourth-order valence-electron chi connectivity index (χ4n) is 4.94. The number of nitrogens with zero attached hydrogens (tertiary/aromatic N) is 6. The summed E-state index contributed by atoms with van der Waals surface area (Å²) in [4.78, 5) is 0. The molecule has 0 aliphatic heterocycles. The van der Waals surface area contributed by atoms with Gasteiger partial charge in [-0.1, -0.05) is 48.5 Å². The Hall–Kier alpha value is -5.76. The van der Waals surface area contributed by atoms with Crippen LogP contribution in [0.4, 0.5) is 45.5 Å². The predicted molar refractivity (Wildman–Crippen MR) is 182 cm³/mol. The van der Waals surface area contributed by atoms with Crippen molar-refractivity contribution in [1.82, 2.24) is 0 Å². The number of rotatable bonds is 10. The first-order chi connectivity index (χ1) is 21.7. The summed E-state index contributed by atoms with van der Waals surface area (Å²) in [7, 11) is 0. The zero-order valence-electron chi connectivity index (χ0n) is 24.6. The van der Waals surface area contributed by atoms with Crippen LogP contribution in [0.3, 0.4) is 0 Å². The minimum atomic E-state index is 0.723. The molecule has 0 atom stereocenters. The molecule has 0 unspecified atom stereocenters. The molecule has 0 fully saturated rings. The highest BCUT2D eigenvalue weighted by Crippen LogP contribution is 2.34. The number of nitrogens with one attached hydrogen (secondary N) is 2. The number of azo groups is 3. The summed E-state index contributed by atoms with van der Waals surface area (Å²) in [5.74, 6) is 0. The van der Waals surface area contributed by atoms with E-state index < -0.39 is 0 Å². The Morgan fingerprint density at radius 1 is 0.364 bits per heavy atom. The van der Waals surface area contributed by atoms with Gasteiger partial charge in [-0.05, 0) is 86.6 Å². The molecule has 8 heteroatoms. The highest BCUT2D eigenvalue weighted by molar-refractivity contribution is 6.01. The summed E-state index contributed by atoms with van der Waals surface area (Å²) in [5, 5.41) is 37.9. The highest BCUT2D eigenvalue weighted by Gasteiger charge is 2.06. The summed E-state index contributed by atoms with van der Waals surface area (Å²) >= 11 is 0. The Morgan fingerprint density at radius 3 is 1.02 bits per heavy atom. The second-order valence-electron chi connectivity index (χ2n) is 10.0.